The lowest BCUT2D eigenvalue weighted by Gasteiger charge is -2.41. The van der Waals surface area contributed by atoms with Crippen molar-refractivity contribution in [1.82, 2.24) is 5.32 Å². The maximum absolute atomic E-state index is 11.8. The van der Waals surface area contributed by atoms with Crippen LogP contribution in [0.4, 0.5) is 5.69 Å². The number of amides is 1. The van der Waals surface area contributed by atoms with Crippen LogP contribution < -0.4 is 15.8 Å². The Labute approximate surface area is 108 Å². The van der Waals surface area contributed by atoms with E-state index in [4.69, 9.17) is 10.5 Å². The number of ether oxygens (including phenoxy) is 1. The van der Waals surface area contributed by atoms with E-state index in [1.165, 1.54) is 6.42 Å². The molecule has 2 rings (SSSR count). The van der Waals surface area contributed by atoms with Crippen LogP contribution in [-0.4, -0.2) is 18.1 Å². The SMILES string of the molecule is CCC1(NC(=O)COc2ccccc2N)CCC1. The molecule has 0 aliphatic heterocycles. The van der Waals surface area contributed by atoms with Crippen LogP contribution in [0, 0.1) is 0 Å². The summed E-state index contributed by atoms with van der Waals surface area (Å²) in [7, 11) is 0. The summed E-state index contributed by atoms with van der Waals surface area (Å²) in [6, 6.07) is 7.19. The average molecular weight is 248 g/mol. The molecule has 0 unspecified atom stereocenters. The molecule has 1 saturated carbocycles. The van der Waals surface area contributed by atoms with Gasteiger partial charge in [-0.3, -0.25) is 4.79 Å². The van der Waals surface area contributed by atoms with Crippen LogP contribution in [0.3, 0.4) is 0 Å². The number of para-hydroxylation sites is 2. The molecule has 98 valence electrons. The van der Waals surface area contributed by atoms with Crippen molar-refractivity contribution in [1.29, 1.82) is 0 Å². The molecule has 0 spiro atoms. The van der Waals surface area contributed by atoms with Crippen LogP contribution in [0.1, 0.15) is 32.6 Å². The first kappa shape index (κ1) is 12.7. The van der Waals surface area contributed by atoms with Crippen molar-refractivity contribution >= 4 is 11.6 Å². The highest BCUT2D eigenvalue weighted by atomic mass is 16.5. The van der Waals surface area contributed by atoms with Gasteiger partial charge in [-0.15, -0.1) is 0 Å². The Hall–Kier alpha value is -1.71. The van der Waals surface area contributed by atoms with E-state index in [1.807, 2.05) is 12.1 Å². The number of nitrogens with two attached hydrogens (primary N) is 1. The molecule has 0 radical (unpaired) electrons. The fraction of sp³-hybridized carbons (Fsp3) is 0.500. The summed E-state index contributed by atoms with van der Waals surface area (Å²) in [5, 5.41) is 3.06. The minimum Gasteiger partial charge on any atom is -0.482 e. The number of hydrogen-bond donors (Lipinski definition) is 2. The maximum Gasteiger partial charge on any atom is 0.258 e. The summed E-state index contributed by atoms with van der Waals surface area (Å²) < 4.78 is 5.42. The Balaban J connectivity index is 1.83. The monoisotopic (exact) mass is 248 g/mol. The van der Waals surface area contributed by atoms with Gasteiger partial charge in [0.05, 0.1) is 5.69 Å². The maximum atomic E-state index is 11.8. The van der Waals surface area contributed by atoms with Gasteiger partial charge >= 0.3 is 0 Å². The molecule has 0 bridgehead atoms. The van der Waals surface area contributed by atoms with Crippen LogP contribution in [0.15, 0.2) is 24.3 Å². The number of carbonyl (C=O) groups excluding carboxylic acids is 1. The number of nitrogen functional groups attached to an aromatic ring is 1. The third-order valence-electron chi connectivity index (χ3n) is 3.67. The highest BCUT2D eigenvalue weighted by Crippen LogP contribution is 2.34. The number of carbonyl (C=O) groups is 1. The van der Waals surface area contributed by atoms with E-state index in [0.717, 1.165) is 19.3 Å². The third kappa shape index (κ3) is 2.75. The summed E-state index contributed by atoms with van der Waals surface area (Å²) in [5.74, 6) is 0.492. The Morgan fingerprint density at radius 2 is 2.17 bits per heavy atom. The second-order valence-corrected chi connectivity index (χ2v) is 4.86. The molecule has 0 atom stereocenters. The summed E-state index contributed by atoms with van der Waals surface area (Å²) in [6.45, 7) is 2.13. The summed E-state index contributed by atoms with van der Waals surface area (Å²) >= 11 is 0. The van der Waals surface area contributed by atoms with Gasteiger partial charge in [-0.05, 0) is 37.8 Å². The van der Waals surface area contributed by atoms with Gasteiger partial charge in [0.15, 0.2) is 6.61 Å². The molecule has 3 N–H and O–H groups in total. The molecule has 1 aromatic carbocycles. The second kappa shape index (κ2) is 5.29. The van der Waals surface area contributed by atoms with Gasteiger partial charge < -0.3 is 15.8 Å². The predicted octanol–water partition coefficient (Wildman–Crippen LogP) is 2.10. The lowest BCUT2D eigenvalue weighted by atomic mass is 9.75. The van der Waals surface area contributed by atoms with E-state index in [2.05, 4.69) is 12.2 Å². The fourth-order valence-electron chi connectivity index (χ4n) is 2.26. The van der Waals surface area contributed by atoms with Crippen molar-refractivity contribution < 1.29 is 9.53 Å². The molecule has 1 amide bonds. The van der Waals surface area contributed by atoms with Gasteiger partial charge in [-0.25, -0.2) is 0 Å². The molecule has 1 aliphatic carbocycles. The van der Waals surface area contributed by atoms with E-state index in [-0.39, 0.29) is 18.1 Å². The Kier molecular flexibility index (Phi) is 3.75. The number of benzene rings is 1. The zero-order chi connectivity index (χ0) is 13.0. The normalized spacial score (nSPS) is 16.7. The molecule has 0 saturated heterocycles. The minimum absolute atomic E-state index is 0.0165. The predicted molar refractivity (Wildman–Crippen MR) is 71.4 cm³/mol. The van der Waals surface area contributed by atoms with Crippen LogP contribution in [-0.2, 0) is 4.79 Å². The summed E-state index contributed by atoms with van der Waals surface area (Å²) in [5.41, 5.74) is 6.31. The van der Waals surface area contributed by atoms with E-state index >= 15 is 0 Å². The largest absolute Gasteiger partial charge is 0.482 e. The van der Waals surface area contributed by atoms with Crippen molar-refractivity contribution in [3.05, 3.63) is 24.3 Å². The molecule has 1 fully saturated rings. The van der Waals surface area contributed by atoms with E-state index in [9.17, 15) is 4.79 Å². The lowest BCUT2D eigenvalue weighted by molar-refractivity contribution is -0.126. The van der Waals surface area contributed by atoms with Crippen molar-refractivity contribution in [2.24, 2.45) is 0 Å². The quantitative estimate of drug-likeness (QED) is 0.784. The van der Waals surface area contributed by atoms with Gasteiger partial charge in [-0.1, -0.05) is 19.1 Å². The zero-order valence-electron chi connectivity index (χ0n) is 10.7. The fourth-order valence-corrected chi connectivity index (χ4v) is 2.26. The first-order chi connectivity index (χ1) is 8.65. The van der Waals surface area contributed by atoms with Crippen LogP contribution in [0.25, 0.3) is 0 Å². The number of anilines is 1. The lowest BCUT2D eigenvalue weighted by Crippen LogP contribution is -2.54. The van der Waals surface area contributed by atoms with Crippen LogP contribution >= 0.6 is 0 Å². The highest BCUT2D eigenvalue weighted by molar-refractivity contribution is 5.78. The molecule has 18 heavy (non-hydrogen) atoms. The smallest absolute Gasteiger partial charge is 0.258 e. The van der Waals surface area contributed by atoms with Crippen molar-refractivity contribution in [2.45, 2.75) is 38.1 Å². The average Bonchev–Trinajstić information content (AvgIpc) is 2.33. The van der Waals surface area contributed by atoms with E-state index in [0.29, 0.717) is 11.4 Å². The van der Waals surface area contributed by atoms with E-state index < -0.39 is 0 Å². The number of hydrogen-bond acceptors (Lipinski definition) is 3. The standard InChI is InChI=1S/C14H20N2O2/c1-2-14(8-5-9-14)16-13(17)10-18-12-7-4-3-6-11(12)15/h3-4,6-7H,2,5,8-10,15H2,1H3,(H,16,17). The van der Waals surface area contributed by atoms with Gasteiger partial charge in [0, 0.05) is 5.54 Å². The van der Waals surface area contributed by atoms with Gasteiger partial charge in [0.2, 0.25) is 0 Å². The van der Waals surface area contributed by atoms with Crippen LogP contribution in [0.5, 0.6) is 5.75 Å². The van der Waals surface area contributed by atoms with Gasteiger partial charge in [0.1, 0.15) is 5.75 Å². The third-order valence-corrected chi connectivity index (χ3v) is 3.67. The Morgan fingerprint density at radius 3 is 2.72 bits per heavy atom. The zero-order valence-corrected chi connectivity index (χ0v) is 10.7. The van der Waals surface area contributed by atoms with Crippen molar-refractivity contribution in [3.8, 4) is 5.75 Å². The summed E-state index contributed by atoms with van der Waals surface area (Å²) in [6.07, 6.45) is 4.32. The first-order valence-electron chi connectivity index (χ1n) is 6.43. The van der Waals surface area contributed by atoms with Gasteiger partial charge in [0.25, 0.3) is 5.91 Å². The molecule has 4 nitrogen and oxygen atoms in total. The van der Waals surface area contributed by atoms with Crippen molar-refractivity contribution in [2.75, 3.05) is 12.3 Å². The van der Waals surface area contributed by atoms with Crippen molar-refractivity contribution in [3.63, 3.8) is 0 Å². The summed E-state index contributed by atoms with van der Waals surface area (Å²) in [4.78, 5) is 11.8. The molecule has 0 aromatic heterocycles. The minimum atomic E-state index is -0.0696. The molecular formula is C14H20N2O2. The highest BCUT2D eigenvalue weighted by Gasteiger charge is 2.36. The molecule has 1 aliphatic rings. The molecular weight excluding hydrogens is 228 g/mol. The topological polar surface area (TPSA) is 64.3 Å². The Bertz CT molecular complexity index is 422. The second-order valence-electron chi connectivity index (χ2n) is 4.86. The number of nitrogens with one attached hydrogen (secondary N) is 1. The molecule has 1 aromatic rings. The first-order valence-corrected chi connectivity index (χ1v) is 6.43. The number of rotatable bonds is 5. The van der Waals surface area contributed by atoms with Crippen LogP contribution in [0.2, 0.25) is 0 Å². The molecule has 4 heteroatoms. The van der Waals surface area contributed by atoms with Gasteiger partial charge in [-0.2, -0.15) is 0 Å². The van der Waals surface area contributed by atoms with E-state index in [1.54, 1.807) is 12.1 Å². The molecule has 0 heterocycles. The Morgan fingerprint density at radius 1 is 1.44 bits per heavy atom.